The fraction of sp³-hybridized carbons (Fsp3) is 0.429. The van der Waals surface area contributed by atoms with Gasteiger partial charge in [0.15, 0.2) is 0 Å². The standard InChI is InChI=1S/C14H13BrClNO2/c15-10-7-9(16)3-4-11(10)17-12(18)8-14(13(17)19)5-1-2-6-14/h3-4,7H,1-2,5-6,8H2. The zero-order chi connectivity index (χ0) is 13.6. The van der Waals surface area contributed by atoms with E-state index in [4.69, 9.17) is 11.6 Å². The molecule has 0 unspecified atom stereocenters. The van der Waals surface area contributed by atoms with E-state index in [-0.39, 0.29) is 11.8 Å². The lowest BCUT2D eigenvalue weighted by Crippen LogP contribution is -2.34. The molecule has 1 aromatic carbocycles. The molecule has 2 fully saturated rings. The van der Waals surface area contributed by atoms with Gasteiger partial charge < -0.3 is 0 Å². The summed E-state index contributed by atoms with van der Waals surface area (Å²) in [5.41, 5.74) is 0.166. The number of carbonyl (C=O) groups is 2. The molecular weight excluding hydrogens is 330 g/mol. The number of rotatable bonds is 1. The van der Waals surface area contributed by atoms with Crippen molar-refractivity contribution in [3.05, 3.63) is 27.7 Å². The highest BCUT2D eigenvalue weighted by Gasteiger charge is 2.53. The van der Waals surface area contributed by atoms with Gasteiger partial charge in [0, 0.05) is 15.9 Å². The molecule has 1 aliphatic carbocycles. The Morgan fingerprint density at radius 1 is 1.21 bits per heavy atom. The maximum absolute atomic E-state index is 12.6. The van der Waals surface area contributed by atoms with Crippen LogP contribution in [0.2, 0.25) is 5.02 Å². The lowest BCUT2D eigenvalue weighted by molar-refractivity contribution is -0.125. The van der Waals surface area contributed by atoms with Crippen LogP contribution in [0.3, 0.4) is 0 Å². The number of hydrogen-bond acceptors (Lipinski definition) is 2. The predicted octanol–water partition coefficient (Wildman–Crippen LogP) is 3.93. The summed E-state index contributed by atoms with van der Waals surface area (Å²) in [6.45, 7) is 0. The summed E-state index contributed by atoms with van der Waals surface area (Å²) in [5, 5.41) is 0.574. The minimum absolute atomic E-state index is 0.0435. The van der Waals surface area contributed by atoms with Gasteiger partial charge in [-0.15, -0.1) is 0 Å². The molecule has 0 atom stereocenters. The van der Waals surface area contributed by atoms with Crippen molar-refractivity contribution >= 4 is 45.0 Å². The summed E-state index contributed by atoms with van der Waals surface area (Å²) in [5.74, 6) is -0.145. The van der Waals surface area contributed by atoms with Crippen molar-refractivity contribution in [1.82, 2.24) is 0 Å². The Balaban J connectivity index is 2.01. The molecule has 1 aromatic rings. The van der Waals surface area contributed by atoms with Crippen molar-refractivity contribution in [3.8, 4) is 0 Å². The van der Waals surface area contributed by atoms with E-state index in [1.807, 2.05) is 0 Å². The molecule has 2 amide bonds. The minimum atomic E-state index is -0.434. The van der Waals surface area contributed by atoms with Crippen molar-refractivity contribution in [2.45, 2.75) is 32.1 Å². The van der Waals surface area contributed by atoms with Crippen LogP contribution in [-0.2, 0) is 9.59 Å². The van der Waals surface area contributed by atoms with Gasteiger partial charge in [-0.2, -0.15) is 0 Å². The van der Waals surface area contributed by atoms with Crippen molar-refractivity contribution in [1.29, 1.82) is 0 Å². The van der Waals surface area contributed by atoms with Crippen LogP contribution in [-0.4, -0.2) is 11.8 Å². The normalized spacial score (nSPS) is 21.7. The van der Waals surface area contributed by atoms with Crippen molar-refractivity contribution < 1.29 is 9.59 Å². The highest BCUT2D eigenvalue weighted by Crippen LogP contribution is 2.48. The smallest absolute Gasteiger partial charge is 0.240 e. The maximum Gasteiger partial charge on any atom is 0.240 e. The first-order chi connectivity index (χ1) is 9.03. The van der Waals surface area contributed by atoms with Gasteiger partial charge in [-0.25, -0.2) is 4.90 Å². The first-order valence-electron chi connectivity index (χ1n) is 6.36. The number of anilines is 1. The molecule has 0 bridgehead atoms. The number of benzene rings is 1. The van der Waals surface area contributed by atoms with E-state index in [9.17, 15) is 9.59 Å². The first kappa shape index (κ1) is 13.1. The zero-order valence-corrected chi connectivity index (χ0v) is 12.6. The Morgan fingerprint density at radius 3 is 2.53 bits per heavy atom. The molecule has 0 radical (unpaired) electrons. The Bertz CT molecular complexity index is 567. The lowest BCUT2D eigenvalue weighted by Gasteiger charge is -2.21. The first-order valence-corrected chi connectivity index (χ1v) is 7.53. The van der Waals surface area contributed by atoms with Gasteiger partial charge >= 0.3 is 0 Å². The van der Waals surface area contributed by atoms with E-state index in [1.54, 1.807) is 18.2 Å². The van der Waals surface area contributed by atoms with Crippen LogP contribution in [0, 0.1) is 5.41 Å². The van der Waals surface area contributed by atoms with E-state index < -0.39 is 5.41 Å². The van der Waals surface area contributed by atoms with Gasteiger partial charge in [0.25, 0.3) is 0 Å². The van der Waals surface area contributed by atoms with Gasteiger partial charge in [0.2, 0.25) is 11.8 Å². The third-order valence-corrected chi connectivity index (χ3v) is 4.98. The fourth-order valence-corrected chi connectivity index (χ4v) is 4.00. The van der Waals surface area contributed by atoms with E-state index in [2.05, 4.69) is 15.9 Å². The highest BCUT2D eigenvalue weighted by molar-refractivity contribution is 9.10. The molecule has 100 valence electrons. The van der Waals surface area contributed by atoms with Crippen LogP contribution in [0.1, 0.15) is 32.1 Å². The number of carbonyl (C=O) groups excluding carboxylic acids is 2. The average Bonchev–Trinajstić information content (AvgIpc) is 2.89. The zero-order valence-electron chi connectivity index (χ0n) is 10.3. The summed E-state index contributed by atoms with van der Waals surface area (Å²) < 4.78 is 0.678. The molecule has 1 spiro atoms. The monoisotopic (exact) mass is 341 g/mol. The van der Waals surface area contributed by atoms with Crippen molar-refractivity contribution in [2.24, 2.45) is 5.41 Å². The topological polar surface area (TPSA) is 37.4 Å². The van der Waals surface area contributed by atoms with E-state index in [0.29, 0.717) is 21.6 Å². The van der Waals surface area contributed by atoms with Gasteiger partial charge in [-0.1, -0.05) is 24.4 Å². The Labute approximate surface area is 125 Å². The largest absolute Gasteiger partial charge is 0.274 e. The van der Waals surface area contributed by atoms with Crippen molar-refractivity contribution in [3.63, 3.8) is 0 Å². The van der Waals surface area contributed by atoms with Crippen molar-refractivity contribution in [2.75, 3.05) is 4.90 Å². The summed E-state index contributed by atoms with van der Waals surface area (Å²) in [7, 11) is 0. The fourth-order valence-electron chi connectivity index (χ4n) is 3.14. The van der Waals surface area contributed by atoms with Gasteiger partial charge in [-0.05, 0) is 47.0 Å². The summed E-state index contributed by atoms with van der Waals surface area (Å²) >= 11 is 9.28. The molecule has 2 aliphatic rings. The lowest BCUT2D eigenvalue weighted by atomic mass is 9.84. The molecule has 1 aliphatic heterocycles. The SMILES string of the molecule is O=C1CC2(CCCC2)C(=O)N1c1ccc(Cl)cc1Br. The summed E-state index contributed by atoms with van der Waals surface area (Å²) in [6, 6.07) is 5.12. The van der Waals surface area contributed by atoms with Gasteiger partial charge in [0.05, 0.1) is 11.1 Å². The maximum atomic E-state index is 12.6. The third-order valence-electron chi connectivity index (χ3n) is 4.11. The van der Waals surface area contributed by atoms with Crippen LogP contribution in [0.15, 0.2) is 22.7 Å². The second-order valence-electron chi connectivity index (χ2n) is 5.29. The van der Waals surface area contributed by atoms with Crippen LogP contribution >= 0.6 is 27.5 Å². The van der Waals surface area contributed by atoms with Crippen LogP contribution in [0.4, 0.5) is 5.69 Å². The predicted molar refractivity (Wildman–Crippen MR) is 77.2 cm³/mol. The van der Waals surface area contributed by atoms with E-state index >= 15 is 0 Å². The molecular formula is C14H13BrClNO2. The molecule has 0 aromatic heterocycles. The molecule has 1 saturated carbocycles. The molecule has 19 heavy (non-hydrogen) atoms. The number of amides is 2. The molecule has 0 N–H and O–H groups in total. The van der Waals surface area contributed by atoms with E-state index in [1.165, 1.54) is 4.90 Å². The molecule has 5 heteroatoms. The summed E-state index contributed by atoms with van der Waals surface area (Å²) in [6.07, 6.45) is 4.09. The summed E-state index contributed by atoms with van der Waals surface area (Å²) in [4.78, 5) is 26.2. The van der Waals surface area contributed by atoms with Gasteiger partial charge in [-0.3, -0.25) is 9.59 Å². The quantitative estimate of drug-likeness (QED) is 0.725. The van der Waals surface area contributed by atoms with Crippen LogP contribution in [0.5, 0.6) is 0 Å². The Kier molecular flexibility index (Phi) is 3.18. The minimum Gasteiger partial charge on any atom is -0.274 e. The second kappa shape index (κ2) is 4.60. The second-order valence-corrected chi connectivity index (χ2v) is 6.59. The highest BCUT2D eigenvalue weighted by atomic mass is 79.9. The Hall–Kier alpha value is -0.870. The van der Waals surface area contributed by atoms with Gasteiger partial charge in [0.1, 0.15) is 0 Å². The number of nitrogens with zero attached hydrogens (tertiary/aromatic N) is 1. The Morgan fingerprint density at radius 2 is 1.89 bits per heavy atom. The molecule has 1 heterocycles. The van der Waals surface area contributed by atoms with Crippen LogP contribution in [0.25, 0.3) is 0 Å². The number of imide groups is 1. The molecule has 3 nitrogen and oxygen atoms in total. The molecule has 1 saturated heterocycles. The molecule has 3 rings (SSSR count). The van der Waals surface area contributed by atoms with Crippen LogP contribution < -0.4 is 4.90 Å². The number of halogens is 2. The van der Waals surface area contributed by atoms with E-state index in [0.717, 1.165) is 25.7 Å². The average molecular weight is 343 g/mol. The number of hydrogen-bond donors (Lipinski definition) is 0. The third kappa shape index (κ3) is 2.01.